The molecule has 0 aliphatic rings. The zero-order valence-electron chi connectivity index (χ0n) is 11.4. The van der Waals surface area contributed by atoms with E-state index in [2.05, 4.69) is 6.58 Å². The Hall–Kier alpha value is -1.77. The molecule has 3 heteroatoms. The van der Waals surface area contributed by atoms with Crippen LogP contribution in [0.3, 0.4) is 0 Å². The Balaban J connectivity index is 2.97. The van der Waals surface area contributed by atoms with Crippen LogP contribution in [0.2, 0.25) is 0 Å². The Bertz CT molecular complexity index is 426. The number of ether oxygens (including phenoxy) is 1. The largest absolute Gasteiger partial charge is 0.493 e. The van der Waals surface area contributed by atoms with Gasteiger partial charge in [0.25, 0.3) is 5.91 Å². The van der Waals surface area contributed by atoms with E-state index in [0.717, 1.165) is 5.57 Å². The fourth-order valence-electron chi connectivity index (χ4n) is 1.75. The third-order valence-corrected chi connectivity index (χ3v) is 2.55. The summed E-state index contributed by atoms with van der Waals surface area (Å²) >= 11 is 0. The van der Waals surface area contributed by atoms with Crippen LogP contribution in [0.5, 0.6) is 5.75 Å². The van der Waals surface area contributed by atoms with E-state index >= 15 is 0 Å². The van der Waals surface area contributed by atoms with E-state index < -0.39 is 0 Å². The SMILES string of the molecule is C=C(C)CN(CC)C(=O)c1ccccc1OCC. The van der Waals surface area contributed by atoms with Crippen LogP contribution in [0.25, 0.3) is 0 Å². The van der Waals surface area contributed by atoms with Gasteiger partial charge in [-0.3, -0.25) is 4.79 Å². The average Bonchev–Trinajstić information content (AvgIpc) is 2.36. The zero-order chi connectivity index (χ0) is 13.5. The summed E-state index contributed by atoms with van der Waals surface area (Å²) in [5.74, 6) is 0.634. The van der Waals surface area contributed by atoms with Crippen LogP contribution in [0.15, 0.2) is 36.4 Å². The molecule has 0 aromatic heterocycles. The minimum atomic E-state index is -0.00968. The van der Waals surface area contributed by atoms with Crippen molar-refractivity contribution in [2.75, 3.05) is 19.7 Å². The van der Waals surface area contributed by atoms with Crippen LogP contribution in [0, 0.1) is 0 Å². The molecule has 1 aromatic carbocycles. The summed E-state index contributed by atoms with van der Waals surface area (Å²) in [5.41, 5.74) is 1.58. The molecule has 0 heterocycles. The second-order valence-electron chi connectivity index (χ2n) is 4.21. The van der Waals surface area contributed by atoms with Gasteiger partial charge in [0.05, 0.1) is 12.2 Å². The first-order valence-electron chi connectivity index (χ1n) is 6.25. The molecule has 18 heavy (non-hydrogen) atoms. The van der Waals surface area contributed by atoms with Crippen molar-refractivity contribution in [3.63, 3.8) is 0 Å². The van der Waals surface area contributed by atoms with Crippen LogP contribution >= 0.6 is 0 Å². The molecule has 1 amide bonds. The van der Waals surface area contributed by atoms with Crippen molar-refractivity contribution < 1.29 is 9.53 Å². The highest BCUT2D eigenvalue weighted by Crippen LogP contribution is 2.20. The first kappa shape index (κ1) is 14.3. The van der Waals surface area contributed by atoms with Crippen molar-refractivity contribution in [3.8, 4) is 5.75 Å². The van der Waals surface area contributed by atoms with E-state index in [0.29, 0.717) is 31.0 Å². The quantitative estimate of drug-likeness (QED) is 0.723. The monoisotopic (exact) mass is 247 g/mol. The first-order valence-corrected chi connectivity index (χ1v) is 6.25. The van der Waals surface area contributed by atoms with E-state index in [4.69, 9.17) is 4.74 Å². The molecule has 0 radical (unpaired) electrons. The van der Waals surface area contributed by atoms with E-state index in [9.17, 15) is 4.79 Å². The van der Waals surface area contributed by atoms with Crippen LogP contribution in [0.1, 0.15) is 31.1 Å². The summed E-state index contributed by atoms with van der Waals surface area (Å²) in [5, 5.41) is 0. The molecular formula is C15H21NO2. The van der Waals surface area contributed by atoms with Crippen molar-refractivity contribution in [2.45, 2.75) is 20.8 Å². The highest BCUT2D eigenvalue weighted by atomic mass is 16.5. The number of hydrogen-bond acceptors (Lipinski definition) is 2. The third-order valence-electron chi connectivity index (χ3n) is 2.55. The van der Waals surface area contributed by atoms with Crippen LogP contribution < -0.4 is 4.74 Å². The molecule has 0 saturated heterocycles. The Kier molecular flexibility index (Phi) is 5.43. The van der Waals surface area contributed by atoms with E-state index in [1.807, 2.05) is 39.0 Å². The summed E-state index contributed by atoms with van der Waals surface area (Å²) in [6, 6.07) is 7.35. The number of hydrogen-bond donors (Lipinski definition) is 0. The van der Waals surface area contributed by atoms with Crippen molar-refractivity contribution in [1.29, 1.82) is 0 Å². The summed E-state index contributed by atoms with van der Waals surface area (Å²) < 4.78 is 5.49. The molecule has 0 atom stereocenters. The van der Waals surface area contributed by atoms with E-state index in [1.54, 1.807) is 11.0 Å². The van der Waals surface area contributed by atoms with Gasteiger partial charge < -0.3 is 9.64 Å². The maximum absolute atomic E-state index is 12.4. The molecule has 0 aliphatic carbocycles. The predicted molar refractivity (Wildman–Crippen MR) is 74.0 cm³/mol. The molecule has 0 bridgehead atoms. The Morgan fingerprint density at radius 3 is 2.56 bits per heavy atom. The summed E-state index contributed by atoms with van der Waals surface area (Å²) in [7, 11) is 0. The van der Waals surface area contributed by atoms with Gasteiger partial charge in [-0.1, -0.05) is 24.3 Å². The summed E-state index contributed by atoms with van der Waals surface area (Å²) in [6.45, 7) is 11.4. The first-order chi connectivity index (χ1) is 8.60. The number of benzene rings is 1. The third kappa shape index (κ3) is 3.62. The molecular weight excluding hydrogens is 226 g/mol. The smallest absolute Gasteiger partial charge is 0.257 e. The fourth-order valence-corrected chi connectivity index (χ4v) is 1.75. The van der Waals surface area contributed by atoms with Gasteiger partial charge in [0.15, 0.2) is 0 Å². The number of likely N-dealkylation sites (N-methyl/N-ethyl adjacent to an activating group) is 1. The lowest BCUT2D eigenvalue weighted by atomic mass is 10.1. The molecule has 1 aromatic rings. The average molecular weight is 247 g/mol. The molecule has 3 nitrogen and oxygen atoms in total. The second-order valence-corrected chi connectivity index (χ2v) is 4.21. The van der Waals surface area contributed by atoms with Crippen molar-refractivity contribution in [3.05, 3.63) is 42.0 Å². The molecule has 0 saturated carbocycles. The molecule has 0 fully saturated rings. The van der Waals surface area contributed by atoms with Gasteiger partial charge in [0, 0.05) is 13.1 Å². The van der Waals surface area contributed by atoms with Crippen molar-refractivity contribution in [2.24, 2.45) is 0 Å². The number of para-hydroxylation sites is 1. The maximum atomic E-state index is 12.4. The summed E-state index contributed by atoms with van der Waals surface area (Å²) in [4.78, 5) is 14.2. The number of rotatable bonds is 6. The lowest BCUT2D eigenvalue weighted by molar-refractivity contribution is 0.0774. The van der Waals surface area contributed by atoms with E-state index in [1.165, 1.54) is 0 Å². The Morgan fingerprint density at radius 1 is 1.33 bits per heavy atom. The molecule has 0 aliphatic heterocycles. The van der Waals surface area contributed by atoms with Gasteiger partial charge in [0.2, 0.25) is 0 Å². The molecule has 0 unspecified atom stereocenters. The van der Waals surface area contributed by atoms with Crippen LogP contribution in [-0.2, 0) is 0 Å². The van der Waals surface area contributed by atoms with Crippen molar-refractivity contribution in [1.82, 2.24) is 4.90 Å². The number of amides is 1. The van der Waals surface area contributed by atoms with Gasteiger partial charge in [0.1, 0.15) is 5.75 Å². The van der Waals surface area contributed by atoms with Crippen LogP contribution in [-0.4, -0.2) is 30.5 Å². The number of carbonyl (C=O) groups is 1. The Morgan fingerprint density at radius 2 is 2.00 bits per heavy atom. The molecule has 1 rings (SSSR count). The Labute approximate surface area is 109 Å². The van der Waals surface area contributed by atoms with Gasteiger partial charge in [-0.05, 0) is 32.9 Å². The number of nitrogens with zero attached hydrogens (tertiary/aromatic N) is 1. The standard InChI is InChI=1S/C15H21NO2/c1-5-16(11-12(3)4)15(17)13-9-7-8-10-14(13)18-6-2/h7-10H,3,5-6,11H2,1-2,4H3. The zero-order valence-corrected chi connectivity index (χ0v) is 11.4. The minimum absolute atomic E-state index is 0.00968. The lowest BCUT2D eigenvalue weighted by Gasteiger charge is -2.22. The minimum Gasteiger partial charge on any atom is -0.493 e. The maximum Gasteiger partial charge on any atom is 0.257 e. The topological polar surface area (TPSA) is 29.5 Å². The van der Waals surface area contributed by atoms with Gasteiger partial charge in [-0.2, -0.15) is 0 Å². The van der Waals surface area contributed by atoms with E-state index in [-0.39, 0.29) is 5.91 Å². The van der Waals surface area contributed by atoms with Gasteiger partial charge in [-0.25, -0.2) is 0 Å². The molecule has 0 spiro atoms. The lowest BCUT2D eigenvalue weighted by Crippen LogP contribution is -2.32. The second kappa shape index (κ2) is 6.84. The predicted octanol–water partition coefficient (Wildman–Crippen LogP) is 3.12. The molecule has 0 N–H and O–H groups in total. The van der Waals surface area contributed by atoms with Crippen molar-refractivity contribution >= 4 is 5.91 Å². The highest BCUT2D eigenvalue weighted by molar-refractivity contribution is 5.97. The van der Waals surface area contributed by atoms with Gasteiger partial charge >= 0.3 is 0 Å². The highest BCUT2D eigenvalue weighted by Gasteiger charge is 2.17. The fraction of sp³-hybridized carbons (Fsp3) is 0.400. The summed E-state index contributed by atoms with van der Waals surface area (Å²) in [6.07, 6.45) is 0. The normalized spacial score (nSPS) is 9.94. The van der Waals surface area contributed by atoms with Gasteiger partial charge in [-0.15, -0.1) is 0 Å². The molecule has 98 valence electrons. The number of carbonyl (C=O) groups excluding carboxylic acids is 1. The van der Waals surface area contributed by atoms with Crippen LogP contribution in [0.4, 0.5) is 0 Å².